The largest absolute Gasteiger partial charge is 0.507 e. The fourth-order valence-electron chi connectivity index (χ4n) is 1.99. The van der Waals surface area contributed by atoms with Gasteiger partial charge in [-0.15, -0.1) is 0 Å². The number of imidazole rings is 1. The first-order valence-corrected chi connectivity index (χ1v) is 7.07. The molecule has 0 radical (unpaired) electrons. The van der Waals surface area contributed by atoms with Crippen molar-refractivity contribution in [2.24, 2.45) is 0 Å². The predicted octanol–water partition coefficient (Wildman–Crippen LogP) is 3.70. The van der Waals surface area contributed by atoms with Gasteiger partial charge in [-0.2, -0.15) is 0 Å². The van der Waals surface area contributed by atoms with Gasteiger partial charge < -0.3 is 9.51 Å². The lowest BCUT2D eigenvalue weighted by Crippen LogP contribution is -1.94. The number of halogens is 1. The zero-order chi connectivity index (χ0) is 14.8. The van der Waals surface area contributed by atoms with Crippen LogP contribution in [0.25, 0.3) is 11.7 Å². The number of carbonyl (C=O) groups excluding carboxylic acids is 1. The lowest BCUT2D eigenvalue weighted by molar-refractivity contribution is 0.104. The molecule has 3 rings (SSSR count). The van der Waals surface area contributed by atoms with Crippen molar-refractivity contribution in [2.45, 2.75) is 0 Å². The van der Waals surface area contributed by atoms with Gasteiger partial charge in [-0.25, -0.2) is 4.98 Å². The fraction of sp³-hybridized carbons (Fsp3) is 0. The molecule has 0 aliphatic rings. The Hall–Kier alpha value is -2.40. The van der Waals surface area contributed by atoms with Gasteiger partial charge in [-0.05, 0) is 42.5 Å². The van der Waals surface area contributed by atoms with E-state index in [1.807, 2.05) is 35.0 Å². The van der Waals surface area contributed by atoms with Crippen molar-refractivity contribution in [2.75, 3.05) is 0 Å². The standard InChI is InChI=1S/C16H11BrN2O2/c17-11-4-6-14(20)13(9-11)15(21)7-5-12-10-19-8-2-1-3-16(19)18-12/h1-10,20H. The second kappa shape index (κ2) is 5.54. The number of rotatable bonds is 3. The third kappa shape index (κ3) is 2.87. The molecule has 0 fully saturated rings. The summed E-state index contributed by atoms with van der Waals surface area (Å²) in [6.45, 7) is 0. The van der Waals surface area contributed by atoms with Gasteiger partial charge in [-0.3, -0.25) is 4.79 Å². The third-order valence-corrected chi connectivity index (χ3v) is 3.51. The topological polar surface area (TPSA) is 54.6 Å². The SMILES string of the molecule is O=C(C=Cc1cn2ccccc2n1)c1cc(Br)ccc1O. The van der Waals surface area contributed by atoms with Crippen molar-refractivity contribution in [3.05, 3.63) is 70.6 Å². The maximum absolute atomic E-state index is 12.1. The summed E-state index contributed by atoms with van der Waals surface area (Å²) < 4.78 is 2.62. The number of pyridine rings is 1. The Morgan fingerprint density at radius 3 is 2.95 bits per heavy atom. The molecule has 1 N–H and O–H groups in total. The molecule has 3 aromatic rings. The van der Waals surface area contributed by atoms with Crippen LogP contribution in [0.4, 0.5) is 0 Å². The summed E-state index contributed by atoms with van der Waals surface area (Å²) in [6, 6.07) is 10.5. The van der Waals surface area contributed by atoms with E-state index in [1.54, 1.807) is 18.2 Å². The first-order chi connectivity index (χ1) is 10.1. The van der Waals surface area contributed by atoms with E-state index in [2.05, 4.69) is 20.9 Å². The van der Waals surface area contributed by atoms with Crippen molar-refractivity contribution in [3.8, 4) is 5.75 Å². The van der Waals surface area contributed by atoms with Crippen molar-refractivity contribution < 1.29 is 9.90 Å². The Bertz CT molecular complexity index is 819. The summed E-state index contributed by atoms with van der Waals surface area (Å²) in [5.41, 5.74) is 1.75. The Kier molecular flexibility index (Phi) is 3.58. The van der Waals surface area contributed by atoms with Crippen LogP contribution in [0.5, 0.6) is 5.75 Å². The third-order valence-electron chi connectivity index (χ3n) is 3.01. The highest BCUT2D eigenvalue weighted by molar-refractivity contribution is 9.10. The van der Waals surface area contributed by atoms with Gasteiger partial charge in [0.15, 0.2) is 5.78 Å². The van der Waals surface area contributed by atoms with E-state index >= 15 is 0 Å². The van der Waals surface area contributed by atoms with E-state index in [0.717, 1.165) is 10.1 Å². The maximum Gasteiger partial charge on any atom is 0.189 e. The van der Waals surface area contributed by atoms with Crippen LogP contribution in [0.15, 0.2) is 59.3 Å². The molecular weight excluding hydrogens is 332 g/mol. The second-order valence-electron chi connectivity index (χ2n) is 4.49. The zero-order valence-electron chi connectivity index (χ0n) is 10.9. The van der Waals surface area contributed by atoms with Crippen LogP contribution < -0.4 is 0 Å². The van der Waals surface area contributed by atoms with Gasteiger partial charge >= 0.3 is 0 Å². The first kappa shape index (κ1) is 13.6. The molecule has 2 aromatic heterocycles. The minimum Gasteiger partial charge on any atom is -0.507 e. The Labute approximate surface area is 129 Å². The molecule has 0 bridgehead atoms. The Morgan fingerprint density at radius 1 is 1.29 bits per heavy atom. The quantitative estimate of drug-likeness (QED) is 0.583. The molecule has 0 amide bonds. The molecular formula is C16H11BrN2O2. The molecule has 21 heavy (non-hydrogen) atoms. The molecule has 4 nitrogen and oxygen atoms in total. The zero-order valence-corrected chi connectivity index (χ0v) is 12.5. The molecule has 5 heteroatoms. The van der Waals surface area contributed by atoms with E-state index in [0.29, 0.717) is 5.69 Å². The van der Waals surface area contributed by atoms with Crippen molar-refractivity contribution in [1.29, 1.82) is 0 Å². The van der Waals surface area contributed by atoms with Crippen LogP contribution >= 0.6 is 15.9 Å². The summed E-state index contributed by atoms with van der Waals surface area (Å²) >= 11 is 3.28. The molecule has 0 aliphatic carbocycles. The van der Waals surface area contributed by atoms with Gasteiger partial charge in [0.05, 0.1) is 11.3 Å². The molecule has 104 valence electrons. The van der Waals surface area contributed by atoms with E-state index in [1.165, 1.54) is 12.1 Å². The summed E-state index contributed by atoms with van der Waals surface area (Å²) in [5, 5.41) is 9.72. The number of aromatic hydroxyl groups is 1. The molecule has 0 atom stereocenters. The molecule has 0 spiro atoms. The van der Waals surface area contributed by atoms with E-state index in [4.69, 9.17) is 0 Å². The number of benzene rings is 1. The summed E-state index contributed by atoms with van der Waals surface area (Å²) in [5.74, 6) is -0.311. The van der Waals surface area contributed by atoms with Crippen LogP contribution in [0.2, 0.25) is 0 Å². The molecule has 2 heterocycles. The fourth-order valence-corrected chi connectivity index (χ4v) is 2.35. The maximum atomic E-state index is 12.1. The average Bonchev–Trinajstić information content (AvgIpc) is 2.90. The number of hydrogen-bond acceptors (Lipinski definition) is 3. The molecule has 1 aromatic carbocycles. The van der Waals surface area contributed by atoms with Crippen molar-refractivity contribution >= 4 is 33.4 Å². The molecule has 0 saturated carbocycles. The van der Waals surface area contributed by atoms with Crippen LogP contribution in [-0.4, -0.2) is 20.3 Å². The normalized spacial score (nSPS) is 11.3. The number of nitrogens with zero attached hydrogens (tertiary/aromatic N) is 2. The number of fused-ring (bicyclic) bond motifs is 1. The van der Waals surface area contributed by atoms with Gasteiger partial charge in [0.25, 0.3) is 0 Å². The molecule has 0 unspecified atom stereocenters. The number of phenols is 1. The number of hydrogen-bond donors (Lipinski definition) is 1. The van der Waals surface area contributed by atoms with Crippen LogP contribution in [0, 0.1) is 0 Å². The smallest absolute Gasteiger partial charge is 0.189 e. The lowest BCUT2D eigenvalue weighted by Gasteiger charge is -2.00. The minimum absolute atomic E-state index is 0.0390. The highest BCUT2D eigenvalue weighted by Gasteiger charge is 2.09. The highest BCUT2D eigenvalue weighted by Crippen LogP contribution is 2.22. The van der Waals surface area contributed by atoms with Gasteiger partial charge in [0, 0.05) is 16.9 Å². The van der Waals surface area contributed by atoms with Gasteiger partial charge in [-0.1, -0.05) is 22.0 Å². The van der Waals surface area contributed by atoms with Crippen molar-refractivity contribution in [3.63, 3.8) is 0 Å². The summed E-state index contributed by atoms with van der Waals surface area (Å²) in [7, 11) is 0. The van der Waals surface area contributed by atoms with Gasteiger partial charge in [0.1, 0.15) is 11.4 Å². The summed E-state index contributed by atoms with van der Waals surface area (Å²) in [4.78, 5) is 16.5. The van der Waals surface area contributed by atoms with Crippen LogP contribution in [0.3, 0.4) is 0 Å². The van der Waals surface area contributed by atoms with E-state index < -0.39 is 0 Å². The van der Waals surface area contributed by atoms with Crippen LogP contribution in [-0.2, 0) is 0 Å². The molecule has 0 aliphatic heterocycles. The Morgan fingerprint density at radius 2 is 2.14 bits per heavy atom. The monoisotopic (exact) mass is 342 g/mol. The lowest BCUT2D eigenvalue weighted by atomic mass is 10.1. The number of aromatic nitrogens is 2. The number of ketones is 1. The van der Waals surface area contributed by atoms with Gasteiger partial charge in [0.2, 0.25) is 0 Å². The van der Waals surface area contributed by atoms with Crippen molar-refractivity contribution in [1.82, 2.24) is 9.38 Å². The first-order valence-electron chi connectivity index (χ1n) is 6.28. The van der Waals surface area contributed by atoms with Crippen LogP contribution in [0.1, 0.15) is 16.1 Å². The Balaban J connectivity index is 1.88. The summed E-state index contributed by atoms with van der Waals surface area (Å²) in [6.07, 6.45) is 6.76. The average molecular weight is 343 g/mol. The highest BCUT2D eigenvalue weighted by atomic mass is 79.9. The number of carbonyl (C=O) groups is 1. The van der Waals surface area contributed by atoms with E-state index in [9.17, 15) is 9.90 Å². The number of phenolic OH excluding ortho intramolecular Hbond substituents is 1. The second-order valence-corrected chi connectivity index (χ2v) is 5.41. The minimum atomic E-state index is -0.272. The molecule has 0 saturated heterocycles. The van der Waals surface area contributed by atoms with E-state index in [-0.39, 0.29) is 17.1 Å². The number of allylic oxidation sites excluding steroid dienone is 1. The predicted molar refractivity (Wildman–Crippen MR) is 84.4 cm³/mol.